The number of methoxy groups -OCH3 is 1. The Balaban J connectivity index is 1.98. The lowest BCUT2D eigenvalue weighted by Crippen LogP contribution is -2.27. The van der Waals surface area contributed by atoms with Gasteiger partial charge < -0.3 is 15.2 Å². The number of rotatable bonds is 7. The van der Waals surface area contributed by atoms with E-state index in [4.69, 9.17) is 32.7 Å². The van der Waals surface area contributed by atoms with Crippen LogP contribution in [0.3, 0.4) is 0 Å². The molecule has 0 fully saturated rings. The number of nitrogens with zero attached hydrogens (tertiary/aromatic N) is 3. The lowest BCUT2D eigenvalue weighted by Gasteiger charge is -2.15. The largest absolute Gasteiger partial charge is 0.457 e. The van der Waals surface area contributed by atoms with Gasteiger partial charge in [0.1, 0.15) is 12.4 Å². The minimum atomic E-state index is -0.526. The molecule has 1 aromatic heterocycles. The zero-order valence-corrected chi connectivity index (χ0v) is 13.7. The molecule has 0 radical (unpaired) electrons. The monoisotopic (exact) mass is 353 g/mol. The van der Waals surface area contributed by atoms with Crippen LogP contribution in [0.2, 0.25) is 5.02 Å². The zero-order valence-electron chi connectivity index (χ0n) is 12.9. The zero-order chi connectivity index (χ0) is 17.5. The first kappa shape index (κ1) is 17.9. The number of aromatic nitrogens is 2. The third-order valence-electron chi connectivity index (χ3n) is 2.86. The highest BCUT2D eigenvalue weighted by atomic mass is 35.5. The molecule has 0 saturated carbocycles. The second kappa shape index (κ2) is 8.44. The van der Waals surface area contributed by atoms with Gasteiger partial charge in [-0.2, -0.15) is 4.98 Å². The molecule has 0 saturated heterocycles. The Morgan fingerprint density at radius 1 is 1.42 bits per heavy atom. The van der Waals surface area contributed by atoms with Crippen LogP contribution in [0.25, 0.3) is 0 Å². The first-order valence-corrected chi connectivity index (χ1v) is 7.26. The van der Waals surface area contributed by atoms with Crippen molar-refractivity contribution in [1.29, 1.82) is 0 Å². The van der Waals surface area contributed by atoms with Gasteiger partial charge in [-0.25, -0.2) is 15.2 Å². The quantitative estimate of drug-likeness (QED) is 0.580. The van der Waals surface area contributed by atoms with Crippen molar-refractivity contribution >= 4 is 17.3 Å². The summed E-state index contributed by atoms with van der Waals surface area (Å²) in [5.41, 5.74) is 7.33. The number of benzene rings is 1. The van der Waals surface area contributed by atoms with Gasteiger partial charge in [0.2, 0.25) is 0 Å². The van der Waals surface area contributed by atoms with Crippen LogP contribution >= 0.6 is 11.6 Å². The Morgan fingerprint density at radius 3 is 2.92 bits per heavy atom. The Bertz CT molecular complexity index is 729. The van der Waals surface area contributed by atoms with Crippen LogP contribution < -0.4 is 21.3 Å². The summed E-state index contributed by atoms with van der Waals surface area (Å²) in [4.78, 5) is 8.12. The van der Waals surface area contributed by atoms with Gasteiger partial charge in [-0.1, -0.05) is 11.6 Å². The Morgan fingerprint density at radius 2 is 2.21 bits per heavy atom. The summed E-state index contributed by atoms with van der Waals surface area (Å²) < 4.78 is 23.5. The van der Waals surface area contributed by atoms with Gasteiger partial charge >= 0.3 is 6.01 Å². The van der Waals surface area contributed by atoms with E-state index in [1.165, 1.54) is 29.4 Å². The molecule has 0 aliphatic heterocycles. The molecule has 0 bridgehead atoms. The molecule has 0 aliphatic rings. The fourth-order valence-electron chi connectivity index (χ4n) is 1.76. The van der Waals surface area contributed by atoms with Gasteiger partial charge in [-0.3, -0.25) is 5.01 Å². The molecule has 0 spiro atoms. The van der Waals surface area contributed by atoms with Gasteiger partial charge in [0.25, 0.3) is 0 Å². The summed E-state index contributed by atoms with van der Waals surface area (Å²) in [6.07, 6.45) is 2.99. The maximum atomic E-state index is 13.1. The molecule has 24 heavy (non-hydrogen) atoms. The molecule has 2 aromatic rings. The number of hydrazine groups is 1. The highest BCUT2D eigenvalue weighted by Crippen LogP contribution is 2.21. The van der Waals surface area contributed by atoms with Crippen molar-refractivity contribution in [1.82, 2.24) is 9.97 Å². The third kappa shape index (κ3) is 5.05. The van der Waals surface area contributed by atoms with E-state index in [2.05, 4.69) is 9.97 Å². The lowest BCUT2D eigenvalue weighted by atomic mass is 10.3. The van der Waals surface area contributed by atoms with Crippen LogP contribution in [0.5, 0.6) is 6.01 Å². The second-order valence-corrected chi connectivity index (χ2v) is 5.17. The van der Waals surface area contributed by atoms with Crippen LogP contribution in [0.15, 0.2) is 42.4 Å². The van der Waals surface area contributed by atoms with Crippen molar-refractivity contribution < 1.29 is 13.9 Å². The molecule has 2 rings (SSSR count). The molecule has 0 aliphatic carbocycles. The van der Waals surface area contributed by atoms with Crippen LogP contribution in [0, 0.1) is 5.82 Å². The average molecular weight is 354 g/mol. The van der Waals surface area contributed by atoms with E-state index in [9.17, 15) is 4.39 Å². The molecular weight excluding hydrogens is 337 g/mol. The molecule has 4 N–H and O–H groups in total. The van der Waals surface area contributed by atoms with E-state index in [-0.39, 0.29) is 17.6 Å². The molecule has 0 unspecified atom stereocenters. The third-order valence-corrected chi connectivity index (χ3v) is 3.15. The molecule has 1 aromatic carbocycles. The number of hydrogen-bond donors (Lipinski definition) is 2. The summed E-state index contributed by atoms with van der Waals surface area (Å²) in [7, 11) is 1.57. The van der Waals surface area contributed by atoms with E-state index in [0.29, 0.717) is 23.7 Å². The summed E-state index contributed by atoms with van der Waals surface area (Å²) in [6.45, 7) is 0.380. The van der Waals surface area contributed by atoms with Crippen molar-refractivity contribution in [3.8, 4) is 6.01 Å². The highest BCUT2D eigenvalue weighted by molar-refractivity contribution is 6.31. The summed E-state index contributed by atoms with van der Waals surface area (Å²) in [6, 6.07) is 5.97. The number of anilines is 1. The van der Waals surface area contributed by atoms with Gasteiger partial charge in [0.15, 0.2) is 0 Å². The van der Waals surface area contributed by atoms with Crippen LogP contribution in [-0.2, 0) is 11.3 Å². The van der Waals surface area contributed by atoms with Gasteiger partial charge in [-0.15, -0.1) is 0 Å². The lowest BCUT2D eigenvalue weighted by molar-refractivity contribution is 0.180. The fraction of sp³-hybridized carbons (Fsp3) is 0.200. The summed E-state index contributed by atoms with van der Waals surface area (Å²) >= 11 is 5.72. The normalized spacial score (nSPS) is 11.4. The van der Waals surface area contributed by atoms with Crippen LogP contribution in [-0.4, -0.2) is 23.7 Å². The van der Waals surface area contributed by atoms with E-state index >= 15 is 0 Å². The molecule has 128 valence electrons. The topological polar surface area (TPSA) is 99.5 Å². The smallest absolute Gasteiger partial charge is 0.317 e. The van der Waals surface area contributed by atoms with Crippen LogP contribution in [0.1, 0.15) is 5.69 Å². The molecule has 9 heteroatoms. The Kier molecular flexibility index (Phi) is 6.30. The van der Waals surface area contributed by atoms with Crippen molar-refractivity contribution in [2.24, 2.45) is 11.6 Å². The number of ether oxygens (including phenoxy) is 2. The average Bonchev–Trinajstić information content (AvgIpc) is 2.56. The second-order valence-electron chi connectivity index (χ2n) is 4.76. The summed E-state index contributed by atoms with van der Waals surface area (Å²) in [5, 5.41) is 1.18. The fourth-order valence-corrected chi connectivity index (χ4v) is 1.93. The predicted octanol–water partition coefficient (Wildman–Crippen LogP) is 1.97. The number of hydrogen-bond acceptors (Lipinski definition) is 7. The highest BCUT2D eigenvalue weighted by Gasteiger charge is 2.06. The number of nitrogens with two attached hydrogens (primary N) is 2. The van der Waals surface area contributed by atoms with Gasteiger partial charge in [0.05, 0.1) is 28.7 Å². The van der Waals surface area contributed by atoms with E-state index < -0.39 is 5.82 Å². The van der Waals surface area contributed by atoms with Gasteiger partial charge in [0, 0.05) is 19.5 Å². The minimum Gasteiger partial charge on any atom is -0.457 e. The van der Waals surface area contributed by atoms with E-state index in [0.717, 1.165) is 0 Å². The SMILES string of the molecule is COCc1ccnc(OC/C(N)=C/N(N)c2ccc(F)c(Cl)c2)n1. The van der Waals surface area contributed by atoms with Crippen molar-refractivity contribution in [3.63, 3.8) is 0 Å². The first-order chi connectivity index (χ1) is 11.5. The molecule has 0 amide bonds. The molecular formula is C15H17ClFN5O2. The van der Waals surface area contributed by atoms with E-state index in [1.54, 1.807) is 19.4 Å². The molecule has 0 atom stereocenters. The summed E-state index contributed by atoms with van der Waals surface area (Å²) in [5.74, 6) is 5.31. The Labute approximate surface area is 143 Å². The molecule has 1 heterocycles. The maximum Gasteiger partial charge on any atom is 0.317 e. The maximum absolute atomic E-state index is 13.1. The van der Waals surface area contributed by atoms with Crippen molar-refractivity contribution in [2.75, 3.05) is 18.7 Å². The number of halogens is 2. The van der Waals surface area contributed by atoms with E-state index in [1.807, 2.05) is 0 Å². The predicted molar refractivity (Wildman–Crippen MR) is 88.6 cm³/mol. The van der Waals surface area contributed by atoms with Gasteiger partial charge in [-0.05, 0) is 24.3 Å². The standard InChI is InChI=1S/C15H17ClFN5O2/c1-23-9-11-4-5-20-15(21-11)24-8-10(18)7-22(19)12-2-3-14(17)13(16)6-12/h2-7H,8-9,18-19H2,1H3/b10-7-. The van der Waals surface area contributed by atoms with Crippen molar-refractivity contribution in [2.45, 2.75) is 6.61 Å². The molecule has 7 nitrogen and oxygen atoms in total. The van der Waals surface area contributed by atoms with Crippen LogP contribution in [0.4, 0.5) is 10.1 Å². The first-order valence-electron chi connectivity index (χ1n) is 6.88. The Hall–Kier alpha value is -2.42. The van der Waals surface area contributed by atoms with Crippen molar-refractivity contribution in [3.05, 3.63) is 58.9 Å². The minimum absolute atomic E-state index is 0.0268.